The first-order chi connectivity index (χ1) is 4.93. The molecule has 1 aromatic rings. The molecule has 0 amide bonds. The van der Waals surface area contributed by atoms with Crippen LogP contribution < -0.4 is 4.74 Å². The fourth-order valence-electron chi connectivity index (χ4n) is 0.504. The summed E-state index contributed by atoms with van der Waals surface area (Å²) in [7, 11) is 1.63. The summed E-state index contributed by atoms with van der Waals surface area (Å²) in [6.45, 7) is 5.00. The SMILES string of the molecule is COc1[c-]cccc1.[CH2-]C.[Zn+2]. The van der Waals surface area contributed by atoms with Gasteiger partial charge in [-0.1, -0.05) is 0 Å². The molecule has 0 radical (unpaired) electrons. The van der Waals surface area contributed by atoms with Gasteiger partial charge >= 0.3 is 19.5 Å². The van der Waals surface area contributed by atoms with Crippen LogP contribution in [0.1, 0.15) is 6.92 Å². The summed E-state index contributed by atoms with van der Waals surface area (Å²) >= 11 is 0. The van der Waals surface area contributed by atoms with E-state index in [1.807, 2.05) is 24.3 Å². The smallest absolute Gasteiger partial charge is 0.523 e. The van der Waals surface area contributed by atoms with Crippen molar-refractivity contribution in [2.45, 2.75) is 6.92 Å². The van der Waals surface area contributed by atoms with Gasteiger partial charge in [-0.15, -0.1) is 12.1 Å². The standard InChI is InChI=1S/C7H7O.C2H5.Zn/c1-8-7-5-3-2-4-6-7;1-2;/h2-5H,1H3;1H2,2H3;/q2*-1;+2. The molecule has 2 heteroatoms. The Morgan fingerprint density at radius 2 is 2.00 bits per heavy atom. The Morgan fingerprint density at radius 1 is 1.36 bits per heavy atom. The van der Waals surface area contributed by atoms with Crippen molar-refractivity contribution in [2.75, 3.05) is 7.11 Å². The van der Waals surface area contributed by atoms with Crippen molar-refractivity contribution < 1.29 is 24.2 Å². The molecule has 0 aliphatic carbocycles. The summed E-state index contributed by atoms with van der Waals surface area (Å²) in [5, 5.41) is 0. The molecular formula is C9H12OZn. The summed E-state index contributed by atoms with van der Waals surface area (Å²) in [6.07, 6.45) is 0. The second kappa shape index (κ2) is 9.64. The molecule has 1 aromatic carbocycles. The number of hydrogen-bond donors (Lipinski definition) is 0. The maximum Gasteiger partial charge on any atom is 2.00 e. The van der Waals surface area contributed by atoms with Gasteiger partial charge in [-0.2, -0.15) is 25.1 Å². The third-order valence-electron chi connectivity index (χ3n) is 0.900. The number of hydrogen-bond acceptors (Lipinski definition) is 1. The molecule has 0 spiro atoms. The van der Waals surface area contributed by atoms with E-state index >= 15 is 0 Å². The van der Waals surface area contributed by atoms with E-state index in [-0.39, 0.29) is 19.5 Å². The van der Waals surface area contributed by atoms with Crippen LogP contribution >= 0.6 is 0 Å². The van der Waals surface area contributed by atoms with Crippen molar-refractivity contribution >= 4 is 0 Å². The summed E-state index contributed by atoms with van der Waals surface area (Å²) in [6, 6.07) is 10.4. The Balaban J connectivity index is 0. The second-order valence-electron chi connectivity index (χ2n) is 1.43. The molecule has 0 fully saturated rings. The Labute approximate surface area is 81.5 Å². The van der Waals surface area contributed by atoms with Crippen LogP contribution in [0, 0.1) is 13.0 Å². The van der Waals surface area contributed by atoms with Crippen molar-refractivity contribution in [2.24, 2.45) is 0 Å². The second-order valence-corrected chi connectivity index (χ2v) is 1.43. The van der Waals surface area contributed by atoms with Crippen LogP contribution in [0.4, 0.5) is 0 Å². The first-order valence-electron chi connectivity index (χ1n) is 3.15. The van der Waals surface area contributed by atoms with Crippen LogP contribution in [-0.2, 0) is 19.5 Å². The van der Waals surface area contributed by atoms with Gasteiger partial charge in [0.05, 0.1) is 7.11 Å². The van der Waals surface area contributed by atoms with Gasteiger partial charge in [-0.05, 0) is 0 Å². The van der Waals surface area contributed by atoms with Gasteiger partial charge in [0, 0.05) is 5.75 Å². The molecule has 0 aliphatic heterocycles. The van der Waals surface area contributed by atoms with Gasteiger partial charge in [0.2, 0.25) is 0 Å². The van der Waals surface area contributed by atoms with Crippen molar-refractivity contribution in [3.05, 3.63) is 37.3 Å². The van der Waals surface area contributed by atoms with E-state index in [0.29, 0.717) is 0 Å². The summed E-state index contributed by atoms with van der Waals surface area (Å²) in [5.74, 6) is 0.785. The monoisotopic (exact) mass is 200 g/mol. The fourth-order valence-corrected chi connectivity index (χ4v) is 0.504. The number of methoxy groups -OCH3 is 1. The predicted molar refractivity (Wildman–Crippen MR) is 42.9 cm³/mol. The first-order valence-corrected chi connectivity index (χ1v) is 3.15. The number of ether oxygens (including phenoxy) is 1. The average Bonchev–Trinajstić information content (AvgIpc) is 2.10. The number of benzene rings is 1. The number of rotatable bonds is 1. The van der Waals surface area contributed by atoms with Gasteiger partial charge < -0.3 is 11.7 Å². The van der Waals surface area contributed by atoms with Crippen molar-refractivity contribution in [3.63, 3.8) is 0 Å². The molecular weight excluding hydrogens is 189 g/mol. The van der Waals surface area contributed by atoms with E-state index in [1.165, 1.54) is 0 Å². The van der Waals surface area contributed by atoms with Crippen LogP contribution in [0.3, 0.4) is 0 Å². The minimum Gasteiger partial charge on any atom is -0.523 e. The maximum atomic E-state index is 4.86. The first kappa shape index (κ1) is 13.2. The molecule has 0 heterocycles. The van der Waals surface area contributed by atoms with E-state index in [0.717, 1.165) is 5.75 Å². The van der Waals surface area contributed by atoms with E-state index in [2.05, 4.69) is 13.0 Å². The van der Waals surface area contributed by atoms with Crippen molar-refractivity contribution in [1.82, 2.24) is 0 Å². The van der Waals surface area contributed by atoms with E-state index < -0.39 is 0 Å². The van der Waals surface area contributed by atoms with Gasteiger partial charge in [-0.3, -0.25) is 0 Å². The fraction of sp³-hybridized carbons (Fsp3) is 0.222. The summed E-state index contributed by atoms with van der Waals surface area (Å²) < 4.78 is 4.86. The predicted octanol–water partition coefficient (Wildman–Crippen LogP) is 2.33. The van der Waals surface area contributed by atoms with Gasteiger partial charge in [-0.25, -0.2) is 0 Å². The van der Waals surface area contributed by atoms with Crippen LogP contribution in [0.25, 0.3) is 0 Å². The molecule has 0 bridgehead atoms. The van der Waals surface area contributed by atoms with E-state index in [1.54, 1.807) is 14.0 Å². The molecule has 56 valence electrons. The molecule has 0 aliphatic rings. The van der Waals surface area contributed by atoms with E-state index in [9.17, 15) is 0 Å². The van der Waals surface area contributed by atoms with Gasteiger partial charge in [0.25, 0.3) is 0 Å². The van der Waals surface area contributed by atoms with Crippen molar-refractivity contribution in [3.8, 4) is 5.75 Å². The molecule has 0 aromatic heterocycles. The molecule has 0 atom stereocenters. The van der Waals surface area contributed by atoms with Crippen LogP contribution in [0.15, 0.2) is 24.3 Å². The third kappa shape index (κ3) is 6.06. The normalized spacial score (nSPS) is 6.82. The van der Waals surface area contributed by atoms with Crippen LogP contribution in [0.2, 0.25) is 0 Å². The number of para-hydroxylation sites is 1. The molecule has 0 saturated carbocycles. The zero-order valence-electron chi connectivity index (χ0n) is 7.13. The van der Waals surface area contributed by atoms with Crippen molar-refractivity contribution in [1.29, 1.82) is 0 Å². The molecule has 0 unspecified atom stereocenters. The Bertz CT molecular complexity index is 151. The minimum absolute atomic E-state index is 0. The van der Waals surface area contributed by atoms with Gasteiger partial charge in [0.15, 0.2) is 0 Å². The maximum absolute atomic E-state index is 4.86. The molecule has 0 N–H and O–H groups in total. The molecule has 1 rings (SSSR count). The van der Waals surface area contributed by atoms with Crippen LogP contribution in [0.5, 0.6) is 5.75 Å². The quantitative estimate of drug-likeness (QED) is 0.501. The Hall–Kier alpha value is -0.357. The molecule has 1 nitrogen and oxygen atoms in total. The summed E-state index contributed by atoms with van der Waals surface area (Å²) in [4.78, 5) is 0. The molecule has 0 saturated heterocycles. The van der Waals surface area contributed by atoms with Crippen LogP contribution in [-0.4, -0.2) is 7.11 Å². The Morgan fingerprint density at radius 3 is 2.27 bits per heavy atom. The molecule has 11 heavy (non-hydrogen) atoms. The average molecular weight is 202 g/mol. The van der Waals surface area contributed by atoms with Gasteiger partial charge in [0.1, 0.15) is 0 Å². The largest absolute Gasteiger partial charge is 2.00 e. The van der Waals surface area contributed by atoms with E-state index in [4.69, 9.17) is 4.74 Å². The summed E-state index contributed by atoms with van der Waals surface area (Å²) in [5.41, 5.74) is 0. The third-order valence-corrected chi connectivity index (χ3v) is 0.900. The Kier molecular flexibility index (Phi) is 11.6. The zero-order valence-corrected chi connectivity index (χ0v) is 10.1. The topological polar surface area (TPSA) is 9.23 Å². The minimum atomic E-state index is 0. The zero-order chi connectivity index (χ0) is 7.82.